The smallest absolute Gasteiger partial charge is 0.290 e. The van der Waals surface area contributed by atoms with E-state index in [-0.39, 0.29) is 28.6 Å². The molecule has 0 bridgehead atoms. The first-order valence-corrected chi connectivity index (χ1v) is 9.66. The number of hydrogen-bond donors (Lipinski definition) is 3. The average molecular weight is 422 g/mol. The number of carbonyl (C=O) groups excluding carboxylic acids is 1. The van der Waals surface area contributed by atoms with Gasteiger partial charge >= 0.3 is 0 Å². The van der Waals surface area contributed by atoms with Crippen LogP contribution >= 0.6 is 22.9 Å². The van der Waals surface area contributed by atoms with Gasteiger partial charge in [0.2, 0.25) is 5.78 Å². The molecule has 0 spiro atoms. The third kappa shape index (κ3) is 3.14. The van der Waals surface area contributed by atoms with Crippen molar-refractivity contribution >= 4 is 50.4 Å². The van der Waals surface area contributed by atoms with Crippen molar-refractivity contribution in [2.45, 2.75) is 0 Å². The number of phenols is 1. The number of ketones is 1. The summed E-state index contributed by atoms with van der Waals surface area (Å²) in [5.41, 5.74) is 14.4. The SMILES string of the molecule is N#Cc1c(N)[nH+]c2sc(C(=O)c3ccc(Cl)cc3)c(N)c2c1-c1cccc(O)c1. The Morgan fingerprint density at radius 2 is 1.90 bits per heavy atom. The zero-order chi connectivity index (χ0) is 20.7. The molecule has 2 aromatic heterocycles. The fourth-order valence-electron chi connectivity index (χ4n) is 3.19. The highest BCUT2D eigenvalue weighted by molar-refractivity contribution is 7.21. The molecule has 0 unspecified atom stereocenters. The number of rotatable bonds is 3. The number of nitrogens with one attached hydrogen (secondary N) is 1. The molecule has 8 heteroatoms. The van der Waals surface area contributed by atoms with Crippen LogP contribution in [0.1, 0.15) is 20.8 Å². The quantitative estimate of drug-likeness (QED) is 0.430. The van der Waals surface area contributed by atoms with Gasteiger partial charge in [-0.2, -0.15) is 5.26 Å². The van der Waals surface area contributed by atoms with Gasteiger partial charge in [-0.15, -0.1) is 0 Å². The third-order valence-electron chi connectivity index (χ3n) is 4.52. The zero-order valence-electron chi connectivity index (χ0n) is 14.9. The number of anilines is 2. The molecular weight excluding hydrogens is 408 g/mol. The van der Waals surface area contributed by atoms with Crippen molar-refractivity contribution in [3.63, 3.8) is 0 Å². The molecule has 0 aliphatic heterocycles. The van der Waals surface area contributed by atoms with Gasteiger partial charge in [-0.1, -0.05) is 35.1 Å². The summed E-state index contributed by atoms with van der Waals surface area (Å²) in [6.07, 6.45) is 0. The van der Waals surface area contributed by atoms with E-state index in [2.05, 4.69) is 11.1 Å². The highest BCUT2D eigenvalue weighted by Gasteiger charge is 2.27. The number of aromatic nitrogens is 1. The normalized spacial score (nSPS) is 10.8. The number of pyridine rings is 1. The summed E-state index contributed by atoms with van der Waals surface area (Å²) in [4.78, 5) is 16.9. The van der Waals surface area contributed by atoms with Crippen molar-refractivity contribution in [1.82, 2.24) is 0 Å². The van der Waals surface area contributed by atoms with Crippen LogP contribution in [0, 0.1) is 11.3 Å². The second-order valence-electron chi connectivity index (χ2n) is 6.34. The first-order valence-electron chi connectivity index (χ1n) is 8.47. The maximum absolute atomic E-state index is 13.0. The van der Waals surface area contributed by atoms with E-state index in [9.17, 15) is 15.2 Å². The minimum atomic E-state index is -0.257. The van der Waals surface area contributed by atoms with Gasteiger partial charge in [-0.05, 0) is 42.0 Å². The van der Waals surface area contributed by atoms with Crippen molar-refractivity contribution in [1.29, 1.82) is 5.26 Å². The monoisotopic (exact) mass is 421 g/mol. The summed E-state index contributed by atoms with van der Waals surface area (Å²) in [6, 6.07) is 15.1. The van der Waals surface area contributed by atoms with Gasteiger partial charge in [0.15, 0.2) is 4.83 Å². The number of H-pyrrole nitrogens is 1. The lowest BCUT2D eigenvalue weighted by Crippen LogP contribution is -2.13. The predicted octanol–water partition coefficient (Wildman–Crippen LogP) is 4.01. The maximum Gasteiger partial charge on any atom is 0.290 e. The second-order valence-corrected chi connectivity index (χ2v) is 7.79. The standard InChI is InChI=1S/C21H13ClN4O2S/c22-12-6-4-10(5-7-12)18(28)19-17(24)16-15(11-2-1-3-13(27)8-11)14(9-23)20(25)26-21(16)29-19/h1-8,27H,24H2,(H2,25,26)/p+1. The van der Waals surface area contributed by atoms with Crippen LogP contribution in [-0.2, 0) is 0 Å². The molecule has 0 amide bonds. The molecule has 6 N–H and O–H groups in total. The summed E-state index contributed by atoms with van der Waals surface area (Å²) in [5.74, 6) is -0.0602. The molecule has 4 rings (SSSR count). The minimum absolute atomic E-state index is 0.0391. The van der Waals surface area contributed by atoms with Crippen molar-refractivity contribution in [2.75, 3.05) is 11.5 Å². The lowest BCUT2D eigenvalue weighted by atomic mass is 9.96. The molecule has 4 aromatic rings. The fraction of sp³-hybridized carbons (Fsp3) is 0. The Bertz CT molecular complexity index is 1320. The summed E-state index contributed by atoms with van der Waals surface area (Å²) < 4.78 is 0. The van der Waals surface area contributed by atoms with Crippen LogP contribution in [-0.4, -0.2) is 10.9 Å². The van der Waals surface area contributed by atoms with Gasteiger partial charge in [0.25, 0.3) is 5.82 Å². The highest BCUT2D eigenvalue weighted by atomic mass is 35.5. The van der Waals surface area contributed by atoms with Crippen molar-refractivity contribution in [3.8, 4) is 22.9 Å². The first-order chi connectivity index (χ1) is 13.9. The molecule has 0 saturated carbocycles. The van der Waals surface area contributed by atoms with E-state index in [4.69, 9.17) is 23.1 Å². The molecule has 142 valence electrons. The van der Waals surface area contributed by atoms with E-state index < -0.39 is 0 Å². The first kappa shape index (κ1) is 18.7. The molecule has 2 aromatic carbocycles. The molecule has 0 saturated heterocycles. The summed E-state index contributed by atoms with van der Waals surface area (Å²) in [7, 11) is 0. The van der Waals surface area contributed by atoms with E-state index in [1.165, 1.54) is 12.1 Å². The Kier molecular flexibility index (Phi) is 4.59. The lowest BCUT2D eigenvalue weighted by Gasteiger charge is -2.07. The summed E-state index contributed by atoms with van der Waals surface area (Å²) >= 11 is 7.07. The molecule has 2 heterocycles. The largest absolute Gasteiger partial charge is 0.508 e. The molecular formula is C21H14ClN4O2S+. The van der Waals surface area contributed by atoms with Gasteiger partial charge < -0.3 is 10.8 Å². The van der Waals surface area contributed by atoms with E-state index >= 15 is 0 Å². The molecule has 0 aliphatic rings. The van der Waals surface area contributed by atoms with E-state index in [0.717, 1.165) is 11.3 Å². The van der Waals surface area contributed by atoms with Gasteiger partial charge in [-0.3, -0.25) is 10.5 Å². The summed E-state index contributed by atoms with van der Waals surface area (Å²) in [5, 5.41) is 20.6. The number of carbonyl (C=O) groups is 1. The highest BCUT2D eigenvalue weighted by Crippen LogP contribution is 2.42. The Morgan fingerprint density at radius 3 is 2.55 bits per heavy atom. The molecule has 0 atom stereocenters. The number of aromatic amines is 1. The van der Waals surface area contributed by atoms with Crippen LogP contribution in [0.15, 0.2) is 48.5 Å². The molecule has 0 aliphatic carbocycles. The van der Waals surface area contributed by atoms with E-state index in [0.29, 0.717) is 36.8 Å². The predicted molar refractivity (Wildman–Crippen MR) is 114 cm³/mol. The second kappa shape index (κ2) is 7.09. The van der Waals surface area contributed by atoms with Crippen LogP contribution in [0.2, 0.25) is 5.02 Å². The number of hydrogen-bond acceptors (Lipinski definition) is 6. The van der Waals surface area contributed by atoms with Gasteiger partial charge in [0.05, 0.1) is 11.1 Å². The lowest BCUT2D eigenvalue weighted by molar-refractivity contribution is -0.323. The molecule has 6 nitrogen and oxygen atoms in total. The fourth-order valence-corrected chi connectivity index (χ4v) is 4.42. The van der Waals surface area contributed by atoms with Crippen LogP contribution in [0.25, 0.3) is 21.3 Å². The summed E-state index contributed by atoms with van der Waals surface area (Å²) in [6.45, 7) is 0. The van der Waals surface area contributed by atoms with Crippen molar-refractivity contribution in [3.05, 3.63) is 69.6 Å². The number of halogens is 1. The van der Waals surface area contributed by atoms with Crippen LogP contribution < -0.4 is 16.5 Å². The number of aromatic hydroxyl groups is 1. The van der Waals surface area contributed by atoms with E-state index in [1.54, 1.807) is 36.4 Å². The number of benzene rings is 2. The van der Waals surface area contributed by atoms with Crippen molar-refractivity contribution < 1.29 is 14.9 Å². The van der Waals surface area contributed by atoms with Gasteiger partial charge in [0.1, 0.15) is 22.3 Å². The Hall–Kier alpha value is -3.60. The minimum Gasteiger partial charge on any atom is -0.508 e. The third-order valence-corrected chi connectivity index (χ3v) is 5.89. The van der Waals surface area contributed by atoms with Gasteiger partial charge in [-0.25, -0.2) is 4.98 Å². The van der Waals surface area contributed by atoms with Crippen LogP contribution in [0.5, 0.6) is 5.75 Å². The van der Waals surface area contributed by atoms with Gasteiger partial charge in [0, 0.05) is 16.1 Å². The average Bonchev–Trinajstić information content (AvgIpc) is 3.02. The number of nitrogens with zero attached hydrogens (tertiary/aromatic N) is 1. The number of nitrogens with two attached hydrogens (primary N) is 2. The molecule has 0 radical (unpaired) electrons. The molecule has 29 heavy (non-hydrogen) atoms. The number of fused-ring (bicyclic) bond motifs is 1. The van der Waals surface area contributed by atoms with Crippen molar-refractivity contribution in [2.24, 2.45) is 0 Å². The number of thiophene rings is 1. The number of nitrogen functional groups attached to an aromatic ring is 2. The zero-order valence-corrected chi connectivity index (χ0v) is 16.4. The number of nitriles is 1. The topological polar surface area (TPSA) is 127 Å². The van der Waals surface area contributed by atoms with Crippen LogP contribution in [0.4, 0.5) is 11.5 Å². The van der Waals surface area contributed by atoms with E-state index in [1.807, 2.05) is 0 Å². The maximum atomic E-state index is 13.0. The Morgan fingerprint density at radius 1 is 1.17 bits per heavy atom. The van der Waals surface area contributed by atoms with Crippen LogP contribution in [0.3, 0.4) is 0 Å². The Labute approximate surface area is 174 Å². The molecule has 0 fully saturated rings. The number of phenolic OH excluding ortho intramolecular Hbond substituents is 1. The Balaban J connectivity index is 2.01.